The lowest BCUT2D eigenvalue weighted by molar-refractivity contribution is 0.184. The highest BCUT2D eigenvalue weighted by Gasteiger charge is 2.56. The first-order valence-electron chi connectivity index (χ1n) is 3.93. The molecule has 0 heterocycles. The van der Waals surface area contributed by atoms with Gasteiger partial charge < -0.3 is 0 Å². The van der Waals surface area contributed by atoms with Crippen LogP contribution in [0.25, 0.3) is 0 Å². The van der Waals surface area contributed by atoms with Gasteiger partial charge in [-0.15, -0.1) is 0 Å². The number of fused-ring (bicyclic) bond motifs is 2. The van der Waals surface area contributed by atoms with E-state index in [9.17, 15) is 4.39 Å². The summed E-state index contributed by atoms with van der Waals surface area (Å²) in [6.45, 7) is 2.07. The Labute approximate surface area is 69.3 Å². The van der Waals surface area contributed by atoms with Crippen LogP contribution in [0.3, 0.4) is 0 Å². The third kappa shape index (κ3) is 0.662. The van der Waals surface area contributed by atoms with Gasteiger partial charge >= 0.3 is 0 Å². The predicted molar refractivity (Wildman–Crippen MR) is 43.1 cm³/mol. The summed E-state index contributed by atoms with van der Waals surface area (Å²) in [5, 5.41) is 0. The first-order chi connectivity index (χ1) is 4.64. The SMILES string of the molecule is CC12CCC(CC1Br)C2F. The van der Waals surface area contributed by atoms with Crippen molar-refractivity contribution < 1.29 is 4.39 Å². The molecule has 0 spiro atoms. The van der Waals surface area contributed by atoms with Crippen molar-refractivity contribution in [1.29, 1.82) is 0 Å². The summed E-state index contributed by atoms with van der Waals surface area (Å²) in [6, 6.07) is 0. The van der Waals surface area contributed by atoms with Crippen molar-refractivity contribution in [3.63, 3.8) is 0 Å². The zero-order chi connectivity index (χ0) is 7.35. The van der Waals surface area contributed by atoms with Crippen LogP contribution in [0.4, 0.5) is 4.39 Å². The van der Waals surface area contributed by atoms with Crippen molar-refractivity contribution in [2.45, 2.75) is 37.2 Å². The van der Waals surface area contributed by atoms with Gasteiger partial charge in [-0.1, -0.05) is 22.9 Å². The van der Waals surface area contributed by atoms with Crippen LogP contribution in [0.5, 0.6) is 0 Å². The van der Waals surface area contributed by atoms with E-state index in [2.05, 4.69) is 22.9 Å². The molecule has 2 saturated carbocycles. The highest BCUT2D eigenvalue weighted by atomic mass is 79.9. The second kappa shape index (κ2) is 1.96. The van der Waals surface area contributed by atoms with Crippen molar-refractivity contribution in [3.05, 3.63) is 0 Å². The molecule has 2 aliphatic carbocycles. The molecule has 4 unspecified atom stereocenters. The lowest BCUT2D eigenvalue weighted by Gasteiger charge is -2.26. The van der Waals surface area contributed by atoms with Crippen LogP contribution in [0.1, 0.15) is 26.2 Å². The quantitative estimate of drug-likeness (QED) is 0.535. The number of hydrogen-bond donors (Lipinski definition) is 0. The average molecular weight is 207 g/mol. The Morgan fingerprint density at radius 2 is 2.30 bits per heavy atom. The van der Waals surface area contributed by atoms with Crippen molar-refractivity contribution in [2.75, 3.05) is 0 Å². The minimum absolute atomic E-state index is 0.0231. The lowest BCUT2D eigenvalue weighted by atomic mass is 9.86. The highest BCUT2D eigenvalue weighted by Crippen LogP contribution is 2.58. The van der Waals surface area contributed by atoms with Gasteiger partial charge in [-0.2, -0.15) is 0 Å². The van der Waals surface area contributed by atoms with Gasteiger partial charge in [0.1, 0.15) is 6.17 Å². The van der Waals surface area contributed by atoms with Crippen molar-refractivity contribution in [3.8, 4) is 0 Å². The first kappa shape index (κ1) is 7.08. The number of alkyl halides is 2. The molecule has 0 aromatic heterocycles. The Balaban J connectivity index is 2.29. The molecule has 2 fully saturated rings. The second-order valence-electron chi connectivity index (χ2n) is 3.91. The fraction of sp³-hybridized carbons (Fsp3) is 1.00. The largest absolute Gasteiger partial charge is 0.247 e. The van der Waals surface area contributed by atoms with Crippen LogP contribution in [0, 0.1) is 11.3 Å². The van der Waals surface area contributed by atoms with E-state index in [0.29, 0.717) is 10.7 Å². The number of halogens is 2. The Morgan fingerprint density at radius 1 is 1.60 bits per heavy atom. The Bertz CT molecular complexity index is 159. The van der Waals surface area contributed by atoms with E-state index in [-0.39, 0.29) is 5.41 Å². The topological polar surface area (TPSA) is 0 Å². The maximum Gasteiger partial charge on any atom is 0.109 e. The zero-order valence-electron chi connectivity index (χ0n) is 6.11. The molecule has 0 saturated heterocycles. The smallest absolute Gasteiger partial charge is 0.109 e. The summed E-state index contributed by atoms with van der Waals surface area (Å²) >= 11 is 3.55. The van der Waals surface area contributed by atoms with E-state index in [1.807, 2.05) is 0 Å². The summed E-state index contributed by atoms with van der Waals surface area (Å²) < 4.78 is 13.4. The van der Waals surface area contributed by atoms with E-state index in [1.165, 1.54) is 0 Å². The molecule has 0 aromatic rings. The van der Waals surface area contributed by atoms with Crippen molar-refractivity contribution >= 4 is 15.9 Å². The van der Waals surface area contributed by atoms with E-state index in [1.54, 1.807) is 0 Å². The summed E-state index contributed by atoms with van der Waals surface area (Å²) in [5.74, 6) is 0.370. The average Bonchev–Trinajstić information content (AvgIpc) is 2.25. The molecule has 0 N–H and O–H groups in total. The fourth-order valence-corrected chi connectivity index (χ4v) is 3.38. The normalized spacial score (nSPS) is 59.7. The monoisotopic (exact) mass is 206 g/mol. The van der Waals surface area contributed by atoms with Gasteiger partial charge in [-0.25, -0.2) is 4.39 Å². The van der Waals surface area contributed by atoms with Gasteiger partial charge in [0.25, 0.3) is 0 Å². The summed E-state index contributed by atoms with van der Waals surface area (Å²) in [5.41, 5.74) is -0.0231. The number of rotatable bonds is 0. The molecule has 0 aromatic carbocycles. The molecule has 2 heteroatoms. The molecule has 10 heavy (non-hydrogen) atoms. The van der Waals surface area contributed by atoms with Crippen molar-refractivity contribution in [1.82, 2.24) is 0 Å². The van der Waals surface area contributed by atoms with Gasteiger partial charge in [-0.05, 0) is 25.2 Å². The van der Waals surface area contributed by atoms with Gasteiger partial charge in [-0.3, -0.25) is 0 Å². The second-order valence-corrected chi connectivity index (χ2v) is 5.01. The molecule has 0 amide bonds. The molecule has 0 nitrogen and oxygen atoms in total. The summed E-state index contributed by atoms with van der Waals surface area (Å²) in [6.07, 6.45) is 2.71. The van der Waals surface area contributed by atoms with Crippen molar-refractivity contribution in [2.24, 2.45) is 11.3 Å². The Morgan fingerprint density at radius 3 is 2.50 bits per heavy atom. The predicted octanol–water partition coefficient (Wildman–Crippen LogP) is 2.91. The summed E-state index contributed by atoms with van der Waals surface area (Å²) in [7, 11) is 0. The van der Waals surface area contributed by atoms with Crippen LogP contribution in [-0.4, -0.2) is 11.0 Å². The molecule has 58 valence electrons. The minimum Gasteiger partial charge on any atom is -0.247 e. The van der Waals surface area contributed by atoms with E-state index < -0.39 is 6.17 Å². The first-order valence-corrected chi connectivity index (χ1v) is 4.84. The molecule has 4 atom stereocenters. The fourth-order valence-electron chi connectivity index (χ4n) is 2.42. The number of hydrogen-bond acceptors (Lipinski definition) is 0. The maximum atomic E-state index is 13.4. The highest BCUT2D eigenvalue weighted by molar-refractivity contribution is 9.09. The Hall–Kier alpha value is 0.410. The molecule has 0 aliphatic heterocycles. The molecular weight excluding hydrogens is 195 g/mol. The van der Waals surface area contributed by atoms with Gasteiger partial charge in [0.2, 0.25) is 0 Å². The van der Waals surface area contributed by atoms with Crippen LogP contribution in [-0.2, 0) is 0 Å². The standard InChI is InChI=1S/C8H12BrF/c1-8-3-2-5(7(8)10)4-6(8)9/h5-7H,2-4H2,1H3. The molecule has 2 rings (SSSR count). The van der Waals surface area contributed by atoms with Gasteiger partial charge in [0.05, 0.1) is 0 Å². The third-order valence-electron chi connectivity index (χ3n) is 3.32. The van der Waals surface area contributed by atoms with Crippen LogP contribution in [0.2, 0.25) is 0 Å². The van der Waals surface area contributed by atoms with Gasteiger partial charge in [0, 0.05) is 10.2 Å². The summed E-state index contributed by atoms with van der Waals surface area (Å²) in [4.78, 5) is 0.439. The molecule has 2 aliphatic rings. The minimum atomic E-state index is -0.531. The van der Waals surface area contributed by atoms with E-state index in [0.717, 1.165) is 19.3 Å². The maximum absolute atomic E-state index is 13.4. The molecular formula is C8H12BrF. The lowest BCUT2D eigenvalue weighted by Crippen LogP contribution is -2.27. The molecule has 0 radical (unpaired) electrons. The van der Waals surface area contributed by atoms with Gasteiger partial charge in [0.15, 0.2) is 0 Å². The van der Waals surface area contributed by atoms with Crippen LogP contribution in [0.15, 0.2) is 0 Å². The zero-order valence-corrected chi connectivity index (χ0v) is 7.70. The van der Waals surface area contributed by atoms with E-state index in [4.69, 9.17) is 0 Å². The molecule has 2 bridgehead atoms. The van der Waals surface area contributed by atoms with E-state index >= 15 is 0 Å². The van der Waals surface area contributed by atoms with Crippen LogP contribution < -0.4 is 0 Å². The third-order valence-corrected chi connectivity index (χ3v) is 4.74. The Kier molecular flexibility index (Phi) is 1.39. The van der Waals surface area contributed by atoms with Crippen LogP contribution >= 0.6 is 15.9 Å².